The number of hydrogen-bond acceptors (Lipinski definition) is 6. The van der Waals surface area contributed by atoms with Crippen molar-refractivity contribution in [2.24, 2.45) is 0 Å². The van der Waals surface area contributed by atoms with Crippen molar-refractivity contribution in [1.82, 2.24) is 4.90 Å². The van der Waals surface area contributed by atoms with Crippen LogP contribution in [-0.4, -0.2) is 24.5 Å². The third kappa shape index (κ3) is 4.84. The molecule has 1 aliphatic rings. The summed E-state index contributed by atoms with van der Waals surface area (Å²) in [5.74, 6) is -0.369. The van der Waals surface area contributed by atoms with Crippen LogP contribution in [0.3, 0.4) is 0 Å². The molecule has 8 heteroatoms. The van der Waals surface area contributed by atoms with Crippen molar-refractivity contribution in [3.63, 3.8) is 0 Å². The average Bonchev–Trinajstić information content (AvgIpc) is 3.13. The number of amides is 2. The number of carbonyl (C=O) groups is 2. The first-order valence-electron chi connectivity index (χ1n) is 10.7. The number of carbonyl (C=O) groups excluding carboxylic acids is 2. The monoisotopic (exact) mass is 501 g/mol. The molecule has 4 aromatic rings. The van der Waals surface area contributed by atoms with E-state index in [0.29, 0.717) is 5.56 Å². The molecule has 1 fully saturated rings. The van der Waals surface area contributed by atoms with Crippen LogP contribution >= 0.6 is 11.8 Å². The summed E-state index contributed by atoms with van der Waals surface area (Å²) in [6.07, 6.45) is 1.49. The fourth-order valence-corrected chi connectivity index (χ4v) is 5.53. The van der Waals surface area contributed by atoms with Crippen molar-refractivity contribution in [3.8, 4) is 5.75 Å². The van der Waals surface area contributed by atoms with Crippen molar-refractivity contribution in [1.29, 1.82) is 0 Å². The summed E-state index contributed by atoms with van der Waals surface area (Å²) < 4.78 is 30.7. The van der Waals surface area contributed by atoms with E-state index >= 15 is 0 Å². The average molecular weight is 502 g/mol. The minimum Gasteiger partial charge on any atom is -0.378 e. The van der Waals surface area contributed by atoms with Gasteiger partial charge in [0.1, 0.15) is 10.6 Å². The van der Waals surface area contributed by atoms with Gasteiger partial charge < -0.3 is 4.18 Å². The topological polar surface area (TPSA) is 80.8 Å². The highest BCUT2D eigenvalue weighted by Gasteiger charge is 2.35. The largest absolute Gasteiger partial charge is 0.378 e. The minimum atomic E-state index is -4.06. The molecule has 1 saturated heterocycles. The van der Waals surface area contributed by atoms with Gasteiger partial charge in [-0.15, -0.1) is 0 Å². The van der Waals surface area contributed by atoms with Crippen LogP contribution in [0.4, 0.5) is 4.79 Å². The molecule has 0 spiro atoms. The number of para-hydroxylation sites is 1. The molecule has 0 aliphatic carbocycles. The predicted octanol–water partition coefficient (Wildman–Crippen LogP) is 5.84. The predicted molar refractivity (Wildman–Crippen MR) is 136 cm³/mol. The summed E-state index contributed by atoms with van der Waals surface area (Å²) in [7, 11) is -4.06. The first kappa shape index (κ1) is 22.9. The van der Waals surface area contributed by atoms with Gasteiger partial charge in [-0.25, -0.2) is 0 Å². The molecule has 2 amide bonds. The smallest absolute Gasteiger partial charge is 0.339 e. The SMILES string of the molecule is O=C1S/C(=C\c2ccccc2OS(=O)(=O)c2ccccc2)C(=O)N1Cc1ccc2ccccc2c1. The second-order valence-electron chi connectivity index (χ2n) is 7.84. The van der Waals surface area contributed by atoms with Crippen LogP contribution in [0, 0.1) is 0 Å². The minimum absolute atomic E-state index is 0.0190. The summed E-state index contributed by atoms with van der Waals surface area (Å²) >= 11 is 0.816. The highest BCUT2D eigenvalue weighted by atomic mass is 32.2. The van der Waals surface area contributed by atoms with E-state index in [9.17, 15) is 18.0 Å². The Morgan fingerprint density at radius 3 is 2.29 bits per heavy atom. The van der Waals surface area contributed by atoms with E-state index in [1.54, 1.807) is 36.4 Å². The number of fused-ring (bicyclic) bond motifs is 1. The summed E-state index contributed by atoms with van der Waals surface area (Å²) in [4.78, 5) is 27.1. The Morgan fingerprint density at radius 2 is 1.49 bits per heavy atom. The third-order valence-electron chi connectivity index (χ3n) is 5.47. The van der Waals surface area contributed by atoms with E-state index in [-0.39, 0.29) is 27.3 Å². The molecule has 35 heavy (non-hydrogen) atoms. The fraction of sp³-hybridized carbons (Fsp3) is 0.0370. The molecule has 0 N–H and O–H groups in total. The Bertz CT molecular complexity index is 1580. The van der Waals surface area contributed by atoms with Gasteiger partial charge in [0.15, 0.2) is 0 Å². The van der Waals surface area contributed by atoms with Crippen molar-refractivity contribution < 1.29 is 22.2 Å². The van der Waals surface area contributed by atoms with Gasteiger partial charge >= 0.3 is 10.1 Å². The molecule has 0 radical (unpaired) electrons. The van der Waals surface area contributed by atoms with Crippen molar-refractivity contribution in [2.75, 3.05) is 0 Å². The Kier molecular flexibility index (Phi) is 6.15. The molecule has 5 rings (SSSR count). The summed E-state index contributed by atoms with van der Waals surface area (Å²) in [5, 5.41) is 1.72. The molecule has 174 valence electrons. The maximum Gasteiger partial charge on any atom is 0.339 e. The van der Waals surface area contributed by atoms with E-state index in [1.807, 2.05) is 42.5 Å². The van der Waals surface area contributed by atoms with Crippen molar-refractivity contribution >= 4 is 49.9 Å². The summed E-state index contributed by atoms with van der Waals surface area (Å²) in [5.41, 5.74) is 1.22. The van der Waals surface area contributed by atoms with Gasteiger partial charge in [0.25, 0.3) is 11.1 Å². The second-order valence-corrected chi connectivity index (χ2v) is 10.4. The normalized spacial score (nSPS) is 15.2. The molecule has 0 unspecified atom stereocenters. The molecule has 0 saturated carbocycles. The molecule has 4 aromatic carbocycles. The number of imide groups is 1. The second kappa shape index (κ2) is 9.40. The summed E-state index contributed by atoms with van der Waals surface area (Å²) in [6, 6.07) is 28.0. The first-order valence-corrected chi connectivity index (χ1v) is 12.9. The van der Waals surface area contributed by atoms with Gasteiger partial charge in [0.05, 0.1) is 11.4 Å². The van der Waals surface area contributed by atoms with Crippen LogP contribution in [0.25, 0.3) is 16.8 Å². The maximum atomic E-state index is 13.1. The van der Waals surface area contributed by atoms with Gasteiger partial charge in [-0.05, 0) is 58.4 Å². The third-order valence-corrected chi connectivity index (χ3v) is 7.62. The van der Waals surface area contributed by atoms with Crippen LogP contribution < -0.4 is 4.18 Å². The molecule has 6 nitrogen and oxygen atoms in total. The lowest BCUT2D eigenvalue weighted by Gasteiger charge is -2.13. The molecular weight excluding hydrogens is 482 g/mol. The molecular formula is C27H19NO5S2. The van der Waals surface area contributed by atoms with E-state index in [1.165, 1.54) is 29.2 Å². The van der Waals surface area contributed by atoms with Crippen LogP contribution in [0.15, 0.2) is 107 Å². The molecule has 0 aromatic heterocycles. The number of rotatable bonds is 6. The van der Waals surface area contributed by atoms with Crippen molar-refractivity contribution in [2.45, 2.75) is 11.4 Å². The quantitative estimate of drug-likeness (QED) is 0.244. The van der Waals surface area contributed by atoms with Crippen LogP contribution in [0.1, 0.15) is 11.1 Å². The van der Waals surface area contributed by atoms with Crippen LogP contribution in [0.5, 0.6) is 5.75 Å². The molecule has 0 atom stereocenters. The Morgan fingerprint density at radius 1 is 0.800 bits per heavy atom. The van der Waals surface area contributed by atoms with Gasteiger partial charge in [-0.2, -0.15) is 8.42 Å². The number of nitrogens with zero attached hydrogens (tertiary/aromatic N) is 1. The van der Waals surface area contributed by atoms with Gasteiger partial charge in [-0.1, -0.05) is 72.8 Å². The molecule has 0 bridgehead atoms. The zero-order chi connectivity index (χ0) is 24.4. The lowest BCUT2D eigenvalue weighted by atomic mass is 10.1. The van der Waals surface area contributed by atoms with Gasteiger partial charge in [0, 0.05) is 5.56 Å². The van der Waals surface area contributed by atoms with Crippen LogP contribution in [0.2, 0.25) is 0 Å². The molecule has 1 aliphatic heterocycles. The number of benzene rings is 4. The fourth-order valence-electron chi connectivity index (χ4n) is 3.73. The van der Waals surface area contributed by atoms with E-state index in [4.69, 9.17) is 4.18 Å². The lowest BCUT2D eigenvalue weighted by molar-refractivity contribution is -0.123. The van der Waals surface area contributed by atoms with Crippen LogP contribution in [-0.2, 0) is 21.5 Å². The van der Waals surface area contributed by atoms with E-state index in [2.05, 4.69) is 0 Å². The lowest BCUT2D eigenvalue weighted by Crippen LogP contribution is -2.27. The van der Waals surface area contributed by atoms with Gasteiger partial charge in [-0.3, -0.25) is 14.5 Å². The standard InChI is InChI=1S/C27H19NO5S2/c29-26-25(34-27(30)28(26)18-19-14-15-20-8-4-5-9-21(20)16-19)17-22-10-6-7-13-24(22)33-35(31,32)23-11-2-1-3-12-23/h1-17H,18H2/b25-17-. The highest BCUT2D eigenvalue weighted by molar-refractivity contribution is 8.18. The van der Waals surface area contributed by atoms with Gasteiger partial charge in [0.2, 0.25) is 0 Å². The summed E-state index contributed by atoms with van der Waals surface area (Å²) in [6.45, 7) is 0.146. The Labute approximate surface area is 207 Å². The zero-order valence-electron chi connectivity index (χ0n) is 18.3. The highest BCUT2D eigenvalue weighted by Crippen LogP contribution is 2.35. The number of hydrogen-bond donors (Lipinski definition) is 0. The van der Waals surface area contributed by atoms with E-state index in [0.717, 1.165) is 28.1 Å². The Hall–Kier alpha value is -3.88. The van der Waals surface area contributed by atoms with E-state index < -0.39 is 16.0 Å². The first-order chi connectivity index (χ1) is 16.9. The Balaban J connectivity index is 1.39. The van der Waals surface area contributed by atoms with Crippen molar-refractivity contribution in [3.05, 3.63) is 113 Å². The maximum absolute atomic E-state index is 13.1. The zero-order valence-corrected chi connectivity index (χ0v) is 20.0. The number of thioether (sulfide) groups is 1. The molecule has 1 heterocycles.